The first kappa shape index (κ1) is 19.0. The van der Waals surface area contributed by atoms with Gasteiger partial charge in [-0.1, -0.05) is 31.2 Å². The summed E-state index contributed by atoms with van der Waals surface area (Å²) < 4.78 is 6.42. The molecule has 2 aromatic rings. The van der Waals surface area contributed by atoms with Crippen molar-refractivity contribution in [1.29, 1.82) is 0 Å². The van der Waals surface area contributed by atoms with Crippen LogP contribution in [0, 0.1) is 5.92 Å². The number of carbonyl (C=O) groups excluding carboxylic acids is 1. The Balaban J connectivity index is 0.00000180. The van der Waals surface area contributed by atoms with E-state index >= 15 is 0 Å². The lowest BCUT2D eigenvalue weighted by Gasteiger charge is -2.57. The number of esters is 1. The van der Waals surface area contributed by atoms with Crippen LogP contribution in [0.4, 0.5) is 0 Å². The molecule has 4 heterocycles. The summed E-state index contributed by atoms with van der Waals surface area (Å²) >= 11 is 0. The number of hydrogen-bond donors (Lipinski definition) is 1. The molecule has 0 spiro atoms. The number of H-pyrrole nitrogens is 1. The van der Waals surface area contributed by atoms with Crippen molar-refractivity contribution in [2.45, 2.75) is 37.6 Å². The van der Waals surface area contributed by atoms with Crippen LogP contribution in [-0.2, 0) is 21.4 Å². The Hall–Kier alpha value is -1.34. The highest BCUT2D eigenvalue weighted by molar-refractivity contribution is 5.92. The monoisotopic (exact) mass is 478 g/mol. The van der Waals surface area contributed by atoms with Crippen molar-refractivity contribution < 1.29 is 38.0 Å². The second-order valence-corrected chi connectivity index (χ2v) is 8.58. The van der Waals surface area contributed by atoms with Crippen molar-refractivity contribution in [3.05, 3.63) is 47.2 Å². The topological polar surface area (TPSA) is 42.1 Å². The minimum atomic E-state index is -0.586. The number of benzene rings is 1. The van der Waals surface area contributed by atoms with Gasteiger partial charge < -0.3 is 38.2 Å². The van der Waals surface area contributed by atoms with Crippen LogP contribution in [0.25, 0.3) is 10.9 Å². The first-order valence-corrected chi connectivity index (χ1v) is 9.77. The van der Waals surface area contributed by atoms with Gasteiger partial charge in [0.1, 0.15) is 6.04 Å². The second kappa shape index (κ2) is 6.34. The Morgan fingerprint density at radius 3 is 2.89 bits per heavy atom. The van der Waals surface area contributed by atoms with Gasteiger partial charge in [-0.2, -0.15) is 0 Å². The number of fused-ring (bicyclic) bond motifs is 3. The molecule has 144 valence electrons. The zero-order valence-electron chi connectivity index (χ0n) is 16.2. The van der Waals surface area contributed by atoms with E-state index in [2.05, 4.69) is 49.3 Å². The highest BCUT2D eigenvalue weighted by Gasteiger charge is 2.66. The second-order valence-electron chi connectivity index (χ2n) is 8.58. The van der Waals surface area contributed by atoms with Crippen LogP contribution in [0.5, 0.6) is 0 Å². The number of rotatable bonds is 2. The summed E-state index contributed by atoms with van der Waals surface area (Å²) in [4.78, 5) is 17.1. The maximum atomic E-state index is 13.4. The Kier molecular flexibility index (Phi) is 4.46. The van der Waals surface area contributed by atoms with E-state index in [1.165, 1.54) is 16.5 Å². The first-order chi connectivity index (χ1) is 12.5. The Morgan fingerprint density at radius 1 is 1.37 bits per heavy atom. The molecule has 4 nitrogen and oxygen atoms in total. The number of carbonyl (C=O) groups is 1. The van der Waals surface area contributed by atoms with E-state index in [0.717, 1.165) is 48.0 Å². The number of aromatic amines is 1. The molecule has 0 amide bonds. The molecule has 27 heavy (non-hydrogen) atoms. The largest absolute Gasteiger partial charge is 1.00 e. The third-order valence-corrected chi connectivity index (χ3v) is 7.22. The molecule has 1 aliphatic carbocycles. The van der Waals surface area contributed by atoms with Gasteiger partial charge >= 0.3 is 5.97 Å². The van der Waals surface area contributed by atoms with Gasteiger partial charge in [0.25, 0.3) is 0 Å². The molecule has 4 bridgehead atoms. The third-order valence-electron chi connectivity index (χ3n) is 7.22. The first-order valence-electron chi connectivity index (χ1n) is 9.77. The highest BCUT2D eigenvalue weighted by Crippen LogP contribution is 2.55. The third kappa shape index (κ3) is 2.33. The summed E-state index contributed by atoms with van der Waals surface area (Å²) in [7, 11) is 3.90. The van der Waals surface area contributed by atoms with Crippen molar-refractivity contribution in [3.8, 4) is 0 Å². The molecule has 1 saturated heterocycles. The number of halogens is 1. The molecule has 1 aromatic carbocycles. The van der Waals surface area contributed by atoms with Crippen LogP contribution in [0.2, 0.25) is 0 Å². The summed E-state index contributed by atoms with van der Waals surface area (Å²) in [6, 6.07) is 8.65. The lowest BCUT2D eigenvalue weighted by atomic mass is 9.59. The molecule has 4 atom stereocenters. The average molecular weight is 478 g/mol. The number of methoxy groups -OCH3 is 1. The van der Waals surface area contributed by atoms with Crippen LogP contribution in [0.1, 0.15) is 31.0 Å². The fraction of sp³-hybridized carbons (Fsp3) is 0.500. The van der Waals surface area contributed by atoms with E-state index in [1.54, 1.807) is 7.11 Å². The molecule has 1 fully saturated rings. The SMILES string of the molecule is CCC1=CC2CC3(C(=O)OC)c4[nH]c5ccccc5c4CC[N+](C)(C2)C13.[I-]. The minimum absolute atomic E-state index is 0. The number of ether oxygens (including phenoxy) is 1. The molecule has 1 N–H and O–H groups in total. The van der Waals surface area contributed by atoms with E-state index in [9.17, 15) is 4.79 Å². The maximum absolute atomic E-state index is 13.4. The van der Waals surface area contributed by atoms with Gasteiger partial charge in [0, 0.05) is 28.9 Å². The van der Waals surface area contributed by atoms with Gasteiger partial charge in [-0.3, -0.25) is 4.79 Å². The van der Waals surface area contributed by atoms with Gasteiger partial charge in [0.15, 0.2) is 5.41 Å². The quantitative estimate of drug-likeness (QED) is 0.293. The summed E-state index contributed by atoms with van der Waals surface area (Å²) in [6.45, 7) is 4.43. The number of likely N-dealkylation sites (N-methyl/N-ethyl adjacent to an activating group) is 1. The predicted molar refractivity (Wildman–Crippen MR) is 102 cm³/mol. The van der Waals surface area contributed by atoms with Crippen molar-refractivity contribution in [1.82, 2.24) is 4.98 Å². The van der Waals surface area contributed by atoms with Crippen molar-refractivity contribution in [2.24, 2.45) is 5.92 Å². The van der Waals surface area contributed by atoms with Crippen LogP contribution in [0.15, 0.2) is 35.9 Å². The Morgan fingerprint density at radius 2 is 2.15 bits per heavy atom. The molecule has 1 aromatic heterocycles. The fourth-order valence-corrected chi connectivity index (χ4v) is 6.44. The van der Waals surface area contributed by atoms with Crippen molar-refractivity contribution in [3.63, 3.8) is 0 Å². The van der Waals surface area contributed by atoms with E-state index in [1.807, 2.05) is 0 Å². The van der Waals surface area contributed by atoms with Crippen LogP contribution in [-0.4, -0.2) is 48.7 Å². The molecule has 0 saturated carbocycles. The van der Waals surface area contributed by atoms with Crippen LogP contribution in [0.3, 0.4) is 0 Å². The van der Waals surface area contributed by atoms with Gasteiger partial charge in [0.05, 0.1) is 27.2 Å². The summed E-state index contributed by atoms with van der Waals surface area (Å²) in [6.07, 6.45) is 5.33. The molecule has 4 aliphatic rings. The van der Waals surface area contributed by atoms with E-state index in [0.29, 0.717) is 5.92 Å². The molecule has 6 rings (SSSR count). The molecule has 0 radical (unpaired) electrons. The maximum Gasteiger partial charge on any atom is 0.324 e. The number of quaternary nitrogens is 1. The number of piperidine rings is 1. The lowest BCUT2D eigenvalue weighted by molar-refractivity contribution is -0.941. The lowest BCUT2D eigenvalue weighted by Crippen LogP contribution is -3.00. The number of aromatic nitrogens is 1. The number of nitrogens with zero attached hydrogens (tertiary/aromatic N) is 1. The van der Waals surface area contributed by atoms with Gasteiger partial charge in [0.2, 0.25) is 0 Å². The van der Waals surface area contributed by atoms with E-state index in [-0.39, 0.29) is 36.0 Å². The normalized spacial score (nSPS) is 33.7. The van der Waals surface area contributed by atoms with E-state index < -0.39 is 5.41 Å². The van der Waals surface area contributed by atoms with Crippen molar-refractivity contribution in [2.75, 3.05) is 27.2 Å². The number of hydrogen-bond acceptors (Lipinski definition) is 2. The standard InChI is InChI=1S/C22H27N2O2.HI/c1-4-15-11-14-12-22(21(25)26-3)19-17(9-10-24(2,13-14)20(15)22)16-7-5-6-8-18(16)23-19;/h5-8,11,14,20,23H,4,9-10,12-13H2,1-3H3;1H/q+1;/p-1. The zero-order chi connectivity index (χ0) is 18.1. The van der Waals surface area contributed by atoms with E-state index in [4.69, 9.17) is 4.74 Å². The highest BCUT2D eigenvalue weighted by atomic mass is 127. The minimum Gasteiger partial charge on any atom is -1.00 e. The predicted octanol–water partition coefficient (Wildman–Crippen LogP) is 0.324. The van der Waals surface area contributed by atoms with Crippen LogP contribution < -0.4 is 24.0 Å². The van der Waals surface area contributed by atoms with Gasteiger partial charge in [-0.15, -0.1) is 0 Å². The summed E-state index contributed by atoms with van der Waals surface area (Å²) in [5, 5.41) is 1.27. The van der Waals surface area contributed by atoms with Crippen molar-refractivity contribution >= 4 is 16.9 Å². The Labute approximate surface area is 177 Å². The summed E-state index contributed by atoms with van der Waals surface area (Å²) in [5.74, 6) is 0.377. The van der Waals surface area contributed by atoms with Gasteiger partial charge in [-0.25, -0.2) is 0 Å². The number of para-hydroxylation sites is 1. The molecule has 4 unspecified atom stereocenters. The van der Waals surface area contributed by atoms with Crippen LogP contribution >= 0.6 is 0 Å². The molecular weight excluding hydrogens is 451 g/mol. The Bertz CT molecular complexity index is 949. The zero-order valence-corrected chi connectivity index (χ0v) is 18.4. The smallest absolute Gasteiger partial charge is 0.324 e. The van der Waals surface area contributed by atoms with Gasteiger partial charge in [-0.05, 0) is 30.0 Å². The fourth-order valence-electron chi connectivity index (χ4n) is 6.44. The average Bonchev–Trinajstić information content (AvgIpc) is 3.00. The molecule has 3 aliphatic heterocycles. The molecular formula is C22H27IN2O2. The number of nitrogens with one attached hydrogen (secondary N) is 1. The summed E-state index contributed by atoms with van der Waals surface area (Å²) in [5.41, 5.74) is 4.45. The molecule has 5 heteroatoms.